The van der Waals surface area contributed by atoms with E-state index in [2.05, 4.69) is 26.1 Å². The van der Waals surface area contributed by atoms with Crippen LogP contribution in [0.3, 0.4) is 0 Å². The van der Waals surface area contributed by atoms with Crippen LogP contribution < -0.4 is 5.32 Å². The molecule has 1 N–H and O–H groups in total. The zero-order valence-corrected chi connectivity index (χ0v) is 15.0. The van der Waals surface area contributed by atoms with Crippen LogP contribution in [0.5, 0.6) is 0 Å². The van der Waals surface area contributed by atoms with Crippen LogP contribution in [-0.2, 0) is 16.8 Å². The van der Waals surface area contributed by atoms with Crippen LogP contribution in [-0.4, -0.2) is 5.91 Å². The maximum absolute atomic E-state index is 13.5. The number of hydrogen-bond acceptors (Lipinski definition) is 1. The Balaban J connectivity index is 1.95. The highest BCUT2D eigenvalue weighted by Gasteiger charge is 2.12. The molecule has 132 valence electrons. The van der Waals surface area contributed by atoms with E-state index in [9.17, 15) is 13.6 Å². The largest absolute Gasteiger partial charge is 0.348 e. The molecule has 2 aromatic carbocycles. The van der Waals surface area contributed by atoms with E-state index < -0.39 is 11.6 Å². The summed E-state index contributed by atoms with van der Waals surface area (Å²) in [4.78, 5) is 11.9. The number of rotatable bonds is 4. The minimum absolute atomic E-state index is 0.0197. The molecule has 0 bridgehead atoms. The summed E-state index contributed by atoms with van der Waals surface area (Å²) < 4.78 is 27.0. The highest BCUT2D eigenvalue weighted by Crippen LogP contribution is 2.22. The van der Waals surface area contributed by atoms with Crippen LogP contribution in [0.4, 0.5) is 8.78 Å². The summed E-state index contributed by atoms with van der Waals surface area (Å²) in [7, 11) is 0. The maximum atomic E-state index is 13.5. The lowest BCUT2D eigenvalue weighted by Crippen LogP contribution is -2.20. The van der Waals surface area contributed by atoms with Crippen molar-refractivity contribution in [1.82, 2.24) is 5.32 Å². The molecule has 2 rings (SSSR count). The Morgan fingerprint density at radius 2 is 1.64 bits per heavy atom. The van der Waals surface area contributed by atoms with Gasteiger partial charge >= 0.3 is 0 Å². The molecule has 2 aromatic rings. The van der Waals surface area contributed by atoms with E-state index in [1.165, 1.54) is 30.7 Å². The standard InChI is InChI=1S/C21H23F2NO/c1-14-18(22)11-16(12-19(14)23)13-24-20(25)10-7-15-5-8-17(9-6-15)21(2,3)4/h5-12H,13H2,1-4H3,(H,24,25)/b10-7+. The number of benzene rings is 2. The van der Waals surface area contributed by atoms with Crippen molar-refractivity contribution in [2.24, 2.45) is 0 Å². The van der Waals surface area contributed by atoms with Crippen LogP contribution >= 0.6 is 0 Å². The summed E-state index contributed by atoms with van der Waals surface area (Å²) in [5.74, 6) is -1.54. The molecule has 0 unspecified atom stereocenters. The van der Waals surface area contributed by atoms with E-state index in [0.717, 1.165) is 5.56 Å². The molecular formula is C21H23F2NO. The molecule has 0 aliphatic heterocycles. The highest BCUT2D eigenvalue weighted by molar-refractivity contribution is 5.91. The van der Waals surface area contributed by atoms with Gasteiger partial charge in [0, 0.05) is 18.2 Å². The van der Waals surface area contributed by atoms with E-state index in [0.29, 0.717) is 5.56 Å². The van der Waals surface area contributed by atoms with E-state index in [1.54, 1.807) is 6.08 Å². The first-order valence-corrected chi connectivity index (χ1v) is 8.18. The quantitative estimate of drug-likeness (QED) is 0.786. The second-order valence-corrected chi connectivity index (χ2v) is 7.11. The van der Waals surface area contributed by atoms with Gasteiger partial charge < -0.3 is 5.32 Å². The number of carbonyl (C=O) groups excluding carboxylic acids is 1. The molecule has 0 fully saturated rings. The predicted octanol–water partition coefficient (Wildman–Crippen LogP) is 4.90. The van der Waals surface area contributed by atoms with Crippen molar-refractivity contribution in [3.05, 3.63) is 76.4 Å². The number of amides is 1. The fraction of sp³-hybridized carbons (Fsp3) is 0.286. The summed E-state index contributed by atoms with van der Waals surface area (Å²) in [5.41, 5.74) is 2.58. The molecule has 0 radical (unpaired) electrons. The molecule has 0 saturated carbocycles. The lowest BCUT2D eigenvalue weighted by atomic mass is 9.87. The van der Waals surface area contributed by atoms with Gasteiger partial charge in [-0.25, -0.2) is 8.78 Å². The Morgan fingerprint density at radius 1 is 1.08 bits per heavy atom. The van der Waals surface area contributed by atoms with Gasteiger partial charge in [-0.3, -0.25) is 4.79 Å². The van der Waals surface area contributed by atoms with E-state index >= 15 is 0 Å². The molecule has 2 nitrogen and oxygen atoms in total. The maximum Gasteiger partial charge on any atom is 0.244 e. The molecule has 0 aromatic heterocycles. The molecular weight excluding hydrogens is 320 g/mol. The fourth-order valence-electron chi connectivity index (χ4n) is 2.31. The van der Waals surface area contributed by atoms with Crippen LogP contribution in [0.2, 0.25) is 0 Å². The van der Waals surface area contributed by atoms with Crippen molar-refractivity contribution in [2.75, 3.05) is 0 Å². The van der Waals surface area contributed by atoms with E-state index in [-0.39, 0.29) is 23.4 Å². The second kappa shape index (κ2) is 7.60. The molecule has 25 heavy (non-hydrogen) atoms. The van der Waals surface area contributed by atoms with Gasteiger partial charge in [-0.15, -0.1) is 0 Å². The van der Waals surface area contributed by atoms with Crippen LogP contribution in [0.15, 0.2) is 42.5 Å². The number of carbonyl (C=O) groups is 1. The van der Waals surface area contributed by atoms with Crippen molar-refractivity contribution >= 4 is 12.0 Å². The van der Waals surface area contributed by atoms with Gasteiger partial charge in [0.2, 0.25) is 5.91 Å². The summed E-state index contributed by atoms with van der Waals surface area (Å²) in [6.45, 7) is 7.87. The second-order valence-electron chi connectivity index (χ2n) is 7.11. The first-order valence-electron chi connectivity index (χ1n) is 8.18. The Bertz CT molecular complexity index is 764. The lowest BCUT2D eigenvalue weighted by Gasteiger charge is -2.18. The number of halogens is 2. The third-order valence-electron chi connectivity index (χ3n) is 4.01. The zero-order chi connectivity index (χ0) is 18.6. The Kier molecular flexibility index (Phi) is 5.73. The van der Waals surface area contributed by atoms with Crippen molar-refractivity contribution in [3.63, 3.8) is 0 Å². The third-order valence-corrected chi connectivity index (χ3v) is 4.01. The van der Waals surface area contributed by atoms with E-state index in [4.69, 9.17) is 0 Å². The van der Waals surface area contributed by atoms with Crippen molar-refractivity contribution in [3.8, 4) is 0 Å². The van der Waals surface area contributed by atoms with Gasteiger partial charge in [-0.1, -0.05) is 45.0 Å². The van der Waals surface area contributed by atoms with Gasteiger partial charge in [-0.05, 0) is 47.2 Å². The van der Waals surface area contributed by atoms with Gasteiger partial charge in [-0.2, -0.15) is 0 Å². The SMILES string of the molecule is Cc1c(F)cc(CNC(=O)/C=C/c2ccc(C(C)(C)C)cc2)cc1F. The molecule has 0 spiro atoms. The Morgan fingerprint density at radius 3 is 2.16 bits per heavy atom. The summed E-state index contributed by atoms with van der Waals surface area (Å²) in [6.07, 6.45) is 3.12. The van der Waals surface area contributed by atoms with Crippen LogP contribution in [0.25, 0.3) is 6.08 Å². The molecule has 4 heteroatoms. The van der Waals surface area contributed by atoms with Crippen molar-refractivity contribution in [2.45, 2.75) is 39.7 Å². The van der Waals surface area contributed by atoms with Crippen molar-refractivity contribution in [1.29, 1.82) is 0 Å². The van der Waals surface area contributed by atoms with Gasteiger partial charge in [0.1, 0.15) is 11.6 Å². The molecule has 0 heterocycles. The van der Waals surface area contributed by atoms with E-state index in [1.807, 2.05) is 24.3 Å². The number of hydrogen-bond donors (Lipinski definition) is 1. The lowest BCUT2D eigenvalue weighted by molar-refractivity contribution is -0.116. The van der Waals surface area contributed by atoms with Crippen molar-refractivity contribution < 1.29 is 13.6 Å². The first kappa shape index (κ1) is 18.8. The monoisotopic (exact) mass is 343 g/mol. The molecule has 0 aliphatic rings. The molecule has 0 aliphatic carbocycles. The fourth-order valence-corrected chi connectivity index (χ4v) is 2.31. The van der Waals surface area contributed by atoms with Gasteiger partial charge in [0.05, 0.1) is 0 Å². The Hall–Kier alpha value is -2.49. The molecule has 0 saturated heterocycles. The predicted molar refractivity (Wildman–Crippen MR) is 97.1 cm³/mol. The average Bonchev–Trinajstić information content (AvgIpc) is 2.55. The first-order chi connectivity index (χ1) is 11.7. The zero-order valence-electron chi connectivity index (χ0n) is 15.0. The third kappa shape index (κ3) is 5.24. The smallest absolute Gasteiger partial charge is 0.244 e. The molecule has 1 amide bonds. The number of nitrogens with one attached hydrogen (secondary N) is 1. The summed E-state index contributed by atoms with van der Waals surface area (Å²) >= 11 is 0. The summed E-state index contributed by atoms with van der Waals surface area (Å²) in [6, 6.07) is 10.4. The minimum Gasteiger partial charge on any atom is -0.348 e. The van der Waals surface area contributed by atoms with Gasteiger partial charge in [0.15, 0.2) is 0 Å². The Labute approximate surface area is 147 Å². The minimum atomic E-state index is -0.612. The topological polar surface area (TPSA) is 29.1 Å². The highest BCUT2D eigenvalue weighted by atomic mass is 19.1. The van der Waals surface area contributed by atoms with Crippen LogP contribution in [0.1, 0.15) is 43.0 Å². The average molecular weight is 343 g/mol. The normalized spacial score (nSPS) is 11.8. The summed E-state index contributed by atoms with van der Waals surface area (Å²) in [5, 5.41) is 2.62. The van der Waals surface area contributed by atoms with Crippen LogP contribution in [0, 0.1) is 18.6 Å². The molecule has 0 atom stereocenters. The van der Waals surface area contributed by atoms with Gasteiger partial charge in [0.25, 0.3) is 0 Å².